The number of benzene rings is 1. The van der Waals surface area contributed by atoms with Crippen LogP contribution in [0.3, 0.4) is 0 Å². The summed E-state index contributed by atoms with van der Waals surface area (Å²) in [5.41, 5.74) is 5.79. The first-order chi connectivity index (χ1) is 9.74. The molecule has 4 heteroatoms. The van der Waals surface area contributed by atoms with E-state index >= 15 is 0 Å². The molecule has 0 aliphatic rings. The molecular weight excluding hydrogens is 254 g/mol. The first kappa shape index (κ1) is 14.5. The van der Waals surface area contributed by atoms with Crippen molar-refractivity contribution in [3.8, 4) is 11.5 Å². The Balaban J connectivity index is 2.15. The summed E-state index contributed by atoms with van der Waals surface area (Å²) in [5.74, 6) is 2.99. The molecule has 4 nitrogen and oxygen atoms in total. The molecule has 0 radical (unpaired) electrons. The lowest BCUT2D eigenvalue weighted by Gasteiger charge is -2.18. The number of ether oxygens (including phenoxy) is 2. The second-order valence-corrected chi connectivity index (χ2v) is 4.59. The number of hydrogen-bond acceptors (Lipinski definition) is 4. The molecule has 1 heterocycles. The first-order valence-corrected chi connectivity index (χ1v) is 6.89. The van der Waals surface area contributed by atoms with Gasteiger partial charge in [-0.2, -0.15) is 0 Å². The summed E-state index contributed by atoms with van der Waals surface area (Å²) in [7, 11) is 0. The fourth-order valence-corrected chi connectivity index (χ4v) is 1.88. The van der Waals surface area contributed by atoms with Crippen LogP contribution in [0.2, 0.25) is 0 Å². The quantitative estimate of drug-likeness (QED) is 0.840. The molecule has 2 aromatic rings. The molecule has 1 unspecified atom stereocenters. The summed E-state index contributed by atoms with van der Waals surface area (Å²) >= 11 is 0. The van der Waals surface area contributed by atoms with Crippen LogP contribution in [0, 0.1) is 6.92 Å². The Labute approximate surface area is 119 Å². The van der Waals surface area contributed by atoms with Gasteiger partial charge in [0, 0.05) is 6.54 Å². The third kappa shape index (κ3) is 3.54. The Morgan fingerprint density at radius 2 is 1.90 bits per heavy atom. The van der Waals surface area contributed by atoms with E-state index in [4.69, 9.17) is 19.6 Å². The minimum absolute atomic E-state index is 0.310. The van der Waals surface area contributed by atoms with Gasteiger partial charge in [0.2, 0.25) is 0 Å². The Bertz CT molecular complexity index is 536. The van der Waals surface area contributed by atoms with Gasteiger partial charge in [0.25, 0.3) is 0 Å². The van der Waals surface area contributed by atoms with Crippen molar-refractivity contribution in [2.75, 3.05) is 13.2 Å². The van der Waals surface area contributed by atoms with Gasteiger partial charge in [-0.15, -0.1) is 0 Å². The van der Waals surface area contributed by atoms with Crippen molar-refractivity contribution in [2.45, 2.75) is 26.4 Å². The predicted octanol–water partition coefficient (Wildman–Crippen LogP) is 3.46. The molecule has 2 rings (SSSR count). The van der Waals surface area contributed by atoms with Crippen molar-refractivity contribution in [1.82, 2.24) is 0 Å². The average molecular weight is 275 g/mol. The fourth-order valence-electron chi connectivity index (χ4n) is 1.88. The van der Waals surface area contributed by atoms with Gasteiger partial charge >= 0.3 is 0 Å². The molecular formula is C16H21NO3. The Morgan fingerprint density at radius 3 is 2.50 bits per heavy atom. The SMILES string of the molecule is CCCOc1ccccc1OC(CN)c1ccc(C)o1. The van der Waals surface area contributed by atoms with Crippen molar-refractivity contribution >= 4 is 0 Å². The van der Waals surface area contributed by atoms with Gasteiger partial charge in [0.1, 0.15) is 11.5 Å². The second-order valence-electron chi connectivity index (χ2n) is 4.59. The topological polar surface area (TPSA) is 57.6 Å². The zero-order valence-electron chi connectivity index (χ0n) is 12.0. The molecule has 1 aromatic carbocycles. The van der Waals surface area contributed by atoms with E-state index in [-0.39, 0.29) is 6.10 Å². The van der Waals surface area contributed by atoms with E-state index in [1.54, 1.807) is 0 Å². The number of aryl methyl sites for hydroxylation is 1. The van der Waals surface area contributed by atoms with Crippen LogP contribution in [0.5, 0.6) is 11.5 Å². The lowest BCUT2D eigenvalue weighted by molar-refractivity contribution is 0.172. The number of hydrogen-bond donors (Lipinski definition) is 1. The molecule has 0 fully saturated rings. The fraction of sp³-hybridized carbons (Fsp3) is 0.375. The first-order valence-electron chi connectivity index (χ1n) is 6.89. The van der Waals surface area contributed by atoms with E-state index in [1.165, 1.54) is 0 Å². The van der Waals surface area contributed by atoms with Crippen LogP contribution >= 0.6 is 0 Å². The zero-order valence-corrected chi connectivity index (χ0v) is 12.0. The molecule has 1 aromatic heterocycles. The third-order valence-corrected chi connectivity index (χ3v) is 2.87. The highest BCUT2D eigenvalue weighted by Crippen LogP contribution is 2.31. The van der Waals surface area contributed by atoms with Crippen LogP contribution in [-0.2, 0) is 0 Å². The van der Waals surface area contributed by atoms with Gasteiger partial charge in [0.05, 0.1) is 6.61 Å². The molecule has 0 aliphatic carbocycles. The Kier molecular flexibility index (Phi) is 5.07. The standard InChI is InChI=1S/C16H21NO3/c1-3-10-18-13-6-4-5-7-14(13)20-16(11-17)15-9-8-12(2)19-15/h4-9,16H,3,10-11,17H2,1-2H3. The van der Waals surface area contributed by atoms with E-state index in [2.05, 4.69) is 6.92 Å². The second kappa shape index (κ2) is 7.01. The number of nitrogens with two attached hydrogens (primary N) is 1. The van der Waals surface area contributed by atoms with E-state index in [0.717, 1.165) is 23.7 Å². The average Bonchev–Trinajstić information content (AvgIpc) is 2.90. The summed E-state index contributed by atoms with van der Waals surface area (Å²) < 4.78 is 17.2. The highest BCUT2D eigenvalue weighted by Gasteiger charge is 2.17. The molecule has 0 aliphatic heterocycles. The van der Waals surface area contributed by atoms with Crippen molar-refractivity contribution in [3.63, 3.8) is 0 Å². The molecule has 0 saturated carbocycles. The summed E-state index contributed by atoms with van der Waals surface area (Å²) in [6.07, 6.45) is 0.640. The van der Waals surface area contributed by atoms with Crippen LogP contribution in [0.1, 0.15) is 31.0 Å². The maximum Gasteiger partial charge on any atom is 0.168 e. The van der Waals surface area contributed by atoms with Crippen LogP contribution in [0.15, 0.2) is 40.8 Å². The van der Waals surface area contributed by atoms with Crippen LogP contribution < -0.4 is 15.2 Å². The van der Waals surface area contributed by atoms with Crippen LogP contribution in [-0.4, -0.2) is 13.2 Å². The van der Waals surface area contributed by atoms with Crippen molar-refractivity contribution in [1.29, 1.82) is 0 Å². The lowest BCUT2D eigenvalue weighted by atomic mass is 10.2. The van der Waals surface area contributed by atoms with Gasteiger partial charge < -0.3 is 19.6 Å². The van der Waals surface area contributed by atoms with Gasteiger partial charge in [-0.3, -0.25) is 0 Å². The van der Waals surface area contributed by atoms with Crippen LogP contribution in [0.25, 0.3) is 0 Å². The van der Waals surface area contributed by atoms with Crippen molar-refractivity contribution in [2.24, 2.45) is 5.73 Å². The minimum Gasteiger partial charge on any atom is -0.490 e. The van der Waals surface area contributed by atoms with Gasteiger partial charge in [-0.25, -0.2) is 0 Å². The third-order valence-electron chi connectivity index (χ3n) is 2.87. The van der Waals surface area contributed by atoms with Crippen molar-refractivity contribution in [3.05, 3.63) is 47.9 Å². The number of para-hydroxylation sites is 2. The molecule has 0 amide bonds. The van der Waals surface area contributed by atoms with Gasteiger partial charge in [0.15, 0.2) is 17.6 Å². The monoisotopic (exact) mass is 275 g/mol. The van der Waals surface area contributed by atoms with Crippen molar-refractivity contribution < 1.29 is 13.9 Å². The zero-order chi connectivity index (χ0) is 14.4. The highest BCUT2D eigenvalue weighted by atomic mass is 16.5. The largest absolute Gasteiger partial charge is 0.490 e. The summed E-state index contributed by atoms with van der Waals surface area (Å²) in [5, 5.41) is 0. The van der Waals surface area contributed by atoms with E-state index in [1.807, 2.05) is 43.3 Å². The normalized spacial score (nSPS) is 12.2. The lowest BCUT2D eigenvalue weighted by Crippen LogP contribution is -2.18. The maximum absolute atomic E-state index is 5.95. The Hall–Kier alpha value is -1.94. The summed E-state index contributed by atoms with van der Waals surface area (Å²) in [6, 6.07) is 11.4. The van der Waals surface area contributed by atoms with Gasteiger partial charge in [-0.1, -0.05) is 19.1 Å². The molecule has 20 heavy (non-hydrogen) atoms. The smallest absolute Gasteiger partial charge is 0.168 e. The van der Waals surface area contributed by atoms with E-state index in [9.17, 15) is 0 Å². The molecule has 2 N–H and O–H groups in total. The predicted molar refractivity (Wildman–Crippen MR) is 78.1 cm³/mol. The van der Waals surface area contributed by atoms with Crippen LogP contribution in [0.4, 0.5) is 0 Å². The summed E-state index contributed by atoms with van der Waals surface area (Å²) in [6.45, 7) is 4.97. The summed E-state index contributed by atoms with van der Waals surface area (Å²) in [4.78, 5) is 0. The minimum atomic E-state index is -0.310. The highest BCUT2D eigenvalue weighted by molar-refractivity contribution is 5.39. The Morgan fingerprint density at radius 1 is 1.15 bits per heavy atom. The van der Waals surface area contributed by atoms with Gasteiger partial charge in [-0.05, 0) is 37.6 Å². The van der Waals surface area contributed by atoms with E-state index < -0.39 is 0 Å². The number of rotatable bonds is 7. The van der Waals surface area contributed by atoms with E-state index in [0.29, 0.717) is 18.9 Å². The molecule has 0 spiro atoms. The molecule has 108 valence electrons. The molecule has 0 bridgehead atoms. The maximum atomic E-state index is 5.95. The molecule has 1 atom stereocenters. The number of furan rings is 1. The molecule has 0 saturated heterocycles.